The van der Waals surface area contributed by atoms with Gasteiger partial charge in [0.25, 0.3) is 5.91 Å². The van der Waals surface area contributed by atoms with Gasteiger partial charge in [-0.25, -0.2) is 9.07 Å². The predicted octanol–water partition coefficient (Wildman–Crippen LogP) is 4.61. The molecule has 2 aromatic carbocycles. The minimum Gasteiger partial charge on any atom is -0.337 e. The van der Waals surface area contributed by atoms with Gasteiger partial charge in [0.05, 0.1) is 11.4 Å². The molecule has 0 atom stereocenters. The summed E-state index contributed by atoms with van der Waals surface area (Å²) >= 11 is 0. The Labute approximate surface area is 158 Å². The van der Waals surface area contributed by atoms with Crippen molar-refractivity contribution in [1.82, 2.24) is 14.7 Å². The Kier molecular flexibility index (Phi) is 4.75. The fourth-order valence-corrected chi connectivity index (χ4v) is 3.51. The van der Waals surface area contributed by atoms with Crippen LogP contribution in [0.5, 0.6) is 0 Å². The molecule has 0 spiro atoms. The molecule has 1 fully saturated rings. The molecule has 1 aliphatic rings. The Morgan fingerprint density at radius 2 is 1.74 bits per heavy atom. The van der Waals surface area contributed by atoms with Gasteiger partial charge in [-0.3, -0.25) is 4.79 Å². The number of halogens is 1. The Morgan fingerprint density at radius 1 is 1.00 bits per heavy atom. The first kappa shape index (κ1) is 17.5. The molecule has 1 amide bonds. The second-order valence-corrected chi connectivity index (χ2v) is 7.03. The second kappa shape index (κ2) is 7.35. The molecule has 3 aromatic rings. The van der Waals surface area contributed by atoms with E-state index < -0.39 is 0 Å². The molecule has 0 aliphatic carbocycles. The van der Waals surface area contributed by atoms with E-state index in [1.54, 1.807) is 16.8 Å². The van der Waals surface area contributed by atoms with Gasteiger partial charge in [0.1, 0.15) is 11.5 Å². The van der Waals surface area contributed by atoms with E-state index in [0.717, 1.165) is 42.7 Å². The average Bonchev–Trinajstić information content (AvgIpc) is 3.14. The number of aryl methyl sites for hydroxylation is 1. The molecule has 0 bridgehead atoms. The van der Waals surface area contributed by atoms with Crippen LogP contribution in [0.1, 0.15) is 35.3 Å². The van der Waals surface area contributed by atoms with Gasteiger partial charge in [-0.05, 0) is 74.2 Å². The van der Waals surface area contributed by atoms with Gasteiger partial charge in [-0.1, -0.05) is 12.1 Å². The number of aromatic nitrogens is 2. The number of amides is 1. The number of benzene rings is 2. The van der Waals surface area contributed by atoms with E-state index in [-0.39, 0.29) is 11.7 Å². The molecule has 27 heavy (non-hydrogen) atoms. The fourth-order valence-electron chi connectivity index (χ4n) is 3.51. The third-order valence-corrected chi connectivity index (χ3v) is 4.96. The van der Waals surface area contributed by atoms with E-state index >= 15 is 0 Å². The van der Waals surface area contributed by atoms with Crippen LogP contribution in [0, 0.1) is 12.7 Å². The summed E-state index contributed by atoms with van der Waals surface area (Å²) in [5.41, 5.74) is 3.95. The molecule has 1 aliphatic heterocycles. The van der Waals surface area contributed by atoms with Gasteiger partial charge in [0, 0.05) is 18.7 Å². The minimum absolute atomic E-state index is 0.00271. The molecule has 0 unspecified atom stereocenters. The highest BCUT2D eigenvalue weighted by molar-refractivity contribution is 5.94. The maximum atomic E-state index is 13.3. The molecule has 0 radical (unpaired) electrons. The molecule has 4 nitrogen and oxygen atoms in total. The maximum Gasteiger partial charge on any atom is 0.272 e. The Balaban J connectivity index is 1.79. The van der Waals surface area contributed by atoms with Crippen LogP contribution < -0.4 is 0 Å². The lowest BCUT2D eigenvalue weighted by Crippen LogP contribution is -2.36. The summed E-state index contributed by atoms with van der Waals surface area (Å²) in [7, 11) is 0. The first-order valence-electron chi connectivity index (χ1n) is 9.34. The lowest BCUT2D eigenvalue weighted by Gasteiger charge is -2.26. The molecule has 5 heteroatoms. The van der Waals surface area contributed by atoms with E-state index in [0.29, 0.717) is 11.4 Å². The van der Waals surface area contributed by atoms with Gasteiger partial charge in [0.2, 0.25) is 0 Å². The number of carbonyl (C=O) groups is 1. The summed E-state index contributed by atoms with van der Waals surface area (Å²) in [4.78, 5) is 15.1. The van der Waals surface area contributed by atoms with Gasteiger partial charge in [-0.15, -0.1) is 0 Å². The standard InChI is InChI=1S/C22H22FN3O/c1-16-6-5-7-19(14-16)26-21(22(27)25-12-3-2-4-13-25)15-20(24-26)17-8-10-18(23)11-9-17/h5-11,14-15H,2-4,12-13H2,1H3. The molecule has 0 saturated carbocycles. The van der Waals surface area contributed by atoms with E-state index in [9.17, 15) is 9.18 Å². The molecular formula is C22H22FN3O. The lowest BCUT2D eigenvalue weighted by atomic mass is 10.1. The Bertz CT molecular complexity index is 956. The fraction of sp³-hybridized carbons (Fsp3) is 0.273. The molecule has 0 N–H and O–H groups in total. The van der Waals surface area contributed by atoms with Crippen LogP contribution in [0.15, 0.2) is 54.6 Å². The number of piperidine rings is 1. The van der Waals surface area contributed by atoms with E-state index in [1.165, 1.54) is 18.6 Å². The summed E-state index contributed by atoms with van der Waals surface area (Å²) in [5, 5.41) is 4.68. The van der Waals surface area contributed by atoms with Crippen molar-refractivity contribution in [3.05, 3.63) is 71.7 Å². The predicted molar refractivity (Wildman–Crippen MR) is 103 cm³/mol. The number of rotatable bonds is 3. The van der Waals surface area contributed by atoms with Gasteiger partial charge >= 0.3 is 0 Å². The zero-order valence-electron chi connectivity index (χ0n) is 15.4. The maximum absolute atomic E-state index is 13.3. The molecule has 4 rings (SSSR count). The molecule has 138 valence electrons. The van der Waals surface area contributed by atoms with E-state index in [4.69, 9.17) is 0 Å². The second-order valence-electron chi connectivity index (χ2n) is 7.03. The number of likely N-dealkylation sites (tertiary alicyclic amines) is 1. The number of hydrogen-bond donors (Lipinski definition) is 0. The molecule has 2 heterocycles. The van der Waals surface area contributed by atoms with E-state index in [2.05, 4.69) is 5.10 Å². The summed E-state index contributed by atoms with van der Waals surface area (Å²) in [5.74, 6) is -0.293. The zero-order chi connectivity index (χ0) is 18.8. The highest BCUT2D eigenvalue weighted by atomic mass is 19.1. The third-order valence-electron chi connectivity index (χ3n) is 4.96. The molecule has 1 aromatic heterocycles. The SMILES string of the molecule is Cc1cccc(-n2nc(-c3ccc(F)cc3)cc2C(=O)N2CCCCC2)c1. The van der Waals surface area contributed by atoms with Crippen LogP contribution in [-0.2, 0) is 0 Å². The third kappa shape index (κ3) is 3.63. The molecule has 1 saturated heterocycles. The lowest BCUT2D eigenvalue weighted by molar-refractivity contribution is 0.0715. The van der Waals surface area contributed by atoms with Crippen molar-refractivity contribution in [3.8, 4) is 16.9 Å². The Hall–Kier alpha value is -2.95. The van der Waals surface area contributed by atoms with Crippen molar-refractivity contribution in [2.45, 2.75) is 26.2 Å². The van der Waals surface area contributed by atoms with Gasteiger partial charge in [-0.2, -0.15) is 5.10 Å². The summed E-state index contributed by atoms with van der Waals surface area (Å²) in [6.45, 7) is 3.58. The van der Waals surface area contributed by atoms with Crippen molar-refractivity contribution >= 4 is 5.91 Å². The van der Waals surface area contributed by atoms with Gasteiger partial charge < -0.3 is 4.90 Å². The largest absolute Gasteiger partial charge is 0.337 e. The van der Waals surface area contributed by atoms with Crippen molar-refractivity contribution in [2.75, 3.05) is 13.1 Å². The average molecular weight is 363 g/mol. The van der Waals surface area contributed by atoms with Crippen LogP contribution in [0.4, 0.5) is 4.39 Å². The first-order chi connectivity index (χ1) is 13.1. The number of carbonyl (C=O) groups excluding carboxylic acids is 1. The molecular weight excluding hydrogens is 341 g/mol. The van der Waals surface area contributed by atoms with Crippen molar-refractivity contribution < 1.29 is 9.18 Å². The zero-order valence-corrected chi connectivity index (χ0v) is 15.4. The van der Waals surface area contributed by atoms with Crippen molar-refractivity contribution in [2.24, 2.45) is 0 Å². The van der Waals surface area contributed by atoms with Crippen molar-refractivity contribution in [3.63, 3.8) is 0 Å². The van der Waals surface area contributed by atoms with Crippen LogP contribution in [-0.4, -0.2) is 33.7 Å². The van der Waals surface area contributed by atoms with Gasteiger partial charge in [0.15, 0.2) is 0 Å². The van der Waals surface area contributed by atoms with Crippen LogP contribution >= 0.6 is 0 Å². The quantitative estimate of drug-likeness (QED) is 0.681. The smallest absolute Gasteiger partial charge is 0.272 e. The summed E-state index contributed by atoms with van der Waals surface area (Å²) < 4.78 is 15.0. The van der Waals surface area contributed by atoms with E-state index in [1.807, 2.05) is 42.2 Å². The highest BCUT2D eigenvalue weighted by Crippen LogP contribution is 2.24. The first-order valence-corrected chi connectivity index (χ1v) is 9.34. The van der Waals surface area contributed by atoms with Crippen LogP contribution in [0.3, 0.4) is 0 Å². The van der Waals surface area contributed by atoms with Crippen LogP contribution in [0.2, 0.25) is 0 Å². The monoisotopic (exact) mass is 363 g/mol. The number of hydrogen-bond acceptors (Lipinski definition) is 2. The summed E-state index contributed by atoms with van der Waals surface area (Å²) in [6.07, 6.45) is 3.24. The van der Waals surface area contributed by atoms with Crippen LogP contribution in [0.25, 0.3) is 16.9 Å². The normalized spacial score (nSPS) is 14.4. The summed E-state index contributed by atoms with van der Waals surface area (Å²) in [6, 6.07) is 15.9. The highest BCUT2D eigenvalue weighted by Gasteiger charge is 2.24. The topological polar surface area (TPSA) is 38.1 Å². The number of nitrogens with zero attached hydrogens (tertiary/aromatic N) is 3. The Morgan fingerprint density at radius 3 is 2.44 bits per heavy atom. The minimum atomic E-state index is -0.290. The van der Waals surface area contributed by atoms with Crippen molar-refractivity contribution in [1.29, 1.82) is 0 Å².